The first-order valence-corrected chi connectivity index (χ1v) is 8.37. The molecule has 0 amide bonds. The van der Waals surface area contributed by atoms with Gasteiger partial charge in [0.15, 0.2) is 0 Å². The van der Waals surface area contributed by atoms with Crippen LogP contribution >= 0.6 is 0 Å². The highest BCUT2D eigenvalue weighted by molar-refractivity contribution is 5.01. The Kier molecular flexibility index (Phi) is 5.38. The maximum Gasteiger partial charge on any atom is 0.0967 e. The van der Waals surface area contributed by atoms with Gasteiger partial charge in [0.25, 0.3) is 0 Å². The smallest absolute Gasteiger partial charge is 0.0967 e. The lowest BCUT2D eigenvalue weighted by atomic mass is 9.85. The van der Waals surface area contributed by atoms with E-state index in [1.165, 1.54) is 19.3 Å². The Labute approximate surface area is 129 Å². The molecule has 0 aromatic carbocycles. The van der Waals surface area contributed by atoms with Gasteiger partial charge in [0.2, 0.25) is 0 Å². The molecule has 5 heteroatoms. The first-order valence-electron chi connectivity index (χ1n) is 8.37. The fraction of sp³-hybridized carbons (Fsp3) is 0.875. The van der Waals surface area contributed by atoms with E-state index in [9.17, 15) is 0 Å². The molecule has 0 radical (unpaired) electrons. The summed E-state index contributed by atoms with van der Waals surface area (Å²) in [5.41, 5.74) is 1.33. The Bertz CT molecular complexity index is 438. The molecule has 5 nitrogen and oxygen atoms in total. The number of hydrogen-bond donors (Lipinski definition) is 1. The van der Waals surface area contributed by atoms with Crippen LogP contribution in [0.5, 0.6) is 0 Å². The van der Waals surface area contributed by atoms with Crippen LogP contribution in [0.15, 0.2) is 6.20 Å². The van der Waals surface area contributed by atoms with Crippen LogP contribution in [0.3, 0.4) is 0 Å². The molecular weight excluding hydrogens is 262 g/mol. The van der Waals surface area contributed by atoms with Crippen LogP contribution in [0, 0.1) is 5.92 Å². The third-order valence-electron chi connectivity index (χ3n) is 5.33. The van der Waals surface area contributed by atoms with E-state index < -0.39 is 0 Å². The van der Waals surface area contributed by atoms with E-state index in [-0.39, 0.29) is 5.54 Å². The van der Waals surface area contributed by atoms with Crippen LogP contribution in [-0.2, 0) is 13.6 Å². The summed E-state index contributed by atoms with van der Waals surface area (Å²) in [6, 6.07) is 0.586. The Hall–Kier alpha value is -0.940. The molecule has 2 atom stereocenters. The molecule has 0 aliphatic carbocycles. The molecule has 1 saturated heterocycles. The molecule has 120 valence electrons. The summed E-state index contributed by atoms with van der Waals surface area (Å²) in [6.07, 6.45) is 5.60. The first-order chi connectivity index (χ1) is 10.0. The first kappa shape index (κ1) is 16.4. The second-order valence-corrected chi connectivity index (χ2v) is 6.61. The minimum atomic E-state index is 0.256. The van der Waals surface area contributed by atoms with Crippen LogP contribution in [0.2, 0.25) is 0 Å². The van der Waals surface area contributed by atoms with Crippen molar-refractivity contribution in [2.45, 2.75) is 65.1 Å². The molecule has 1 aromatic heterocycles. The predicted octanol–water partition coefficient (Wildman–Crippen LogP) is 2.19. The summed E-state index contributed by atoms with van der Waals surface area (Å²) >= 11 is 0. The highest BCUT2D eigenvalue weighted by Gasteiger charge is 2.38. The topological polar surface area (TPSA) is 46.0 Å². The molecule has 1 aromatic rings. The lowest BCUT2D eigenvalue weighted by Crippen LogP contribution is -2.64. The average molecular weight is 293 g/mol. The van der Waals surface area contributed by atoms with Crippen LogP contribution in [0.4, 0.5) is 0 Å². The minimum Gasteiger partial charge on any atom is -0.308 e. The normalized spacial score (nSPS) is 24.1. The maximum absolute atomic E-state index is 4.28. The van der Waals surface area contributed by atoms with Crippen molar-refractivity contribution in [1.82, 2.24) is 25.2 Å². The number of hydrogen-bond acceptors (Lipinski definition) is 4. The van der Waals surface area contributed by atoms with Crippen LogP contribution in [0.25, 0.3) is 0 Å². The van der Waals surface area contributed by atoms with Crippen molar-refractivity contribution in [1.29, 1.82) is 0 Å². The fourth-order valence-corrected chi connectivity index (χ4v) is 3.42. The molecule has 1 aliphatic rings. The molecule has 0 saturated carbocycles. The Morgan fingerprint density at radius 2 is 2.10 bits per heavy atom. The molecule has 1 N–H and O–H groups in total. The SMILES string of the molecule is CCC(C)C1CNC(CC)(CC)CN1Cc1cn(C)nn1. The van der Waals surface area contributed by atoms with Crippen molar-refractivity contribution in [3.05, 3.63) is 11.9 Å². The number of nitrogens with zero attached hydrogens (tertiary/aromatic N) is 4. The summed E-state index contributed by atoms with van der Waals surface area (Å²) < 4.78 is 1.79. The van der Waals surface area contributed by atoms with E-state index >= 15 is 0 Å². The quantitative estimate of drug-likeness (QED) is 0.873. The van der Waals surface area contributed by atoms with Gasteiger partial charge in [-0.2, -0.15) is 0 Å². The number of piperazine rings is 1. The lowest BCUT2D eigenvalue weighted by Gasteiger charge is -2.49. The van der Waals surface area contributed by atoms with E-state index in [0.29, 0.717) is 12.0 Å². The van der Waals surface area contributed by atoms with E-state index in [1.54, 1.807) is 4.68 Å². The molecule has 1 aliphatic heterocycles. The predicted molar refractivity (Wildman–Crippen MR) is 86.0 cm³/mol. The van der Waals surface area contributed by atoms with Gasteiger partial charge in [-0.1, -0.05) is 39.3 Å². The van der Waals surface area contributed by atoms with E-state index in [4.69, 9.17) is 0 Å². The van der Waals surface area contributed by atoms with Gasteiger partial charge in [-0.25, -0.2) is 0 Å². The molecule has 21 heavy (non-hydrogen) atoms. The number of rotatable bonds is 6. The van der Waals surface area contributed by atoms with E-state index in [2.05, 4.69) is 48.2 Å². The second-order valence-electron chi connectivity index (χ2n) is 6.61. The summed E-state index contributed by atoms with van der Waals surface area (Å²) in [6.45, 7) is 12.3. The van der Waals surface area contributed by atoms with Crippen LogP contribution in [-0.4, -0.2) is 44.6 Å². The Morgan fingerprint density at radius 1 is 1.38 bits per heavy atom. The van der Waals surface area contributed by atoms with Gasteiger partial charge < -0.3 is 5.32 Å². The summed E-state index contributed by atoms with van der Waals surface area (Å²) in [5, 5.41) is 12.2. The Balaban J connectivity index is 2.16. The monoisotopic (exact) mass is 293 g/mol. The van der Waals surface area contributed by atoms with Gasteiger partial charge in [-0.3, -0.25) is 9.58 Å². The van der Waals surface area contributed by atoms with E-state index in [1.807, 2.05) is 13.2 Å². The molecule has 1 fully saturated rings. The van der Waals surface area contributed by atoms with Gasteiger partial charge >= 0.3 is 0 Å². The Morgan fingerprint density at radius 3 is 2.62 bits per heavy atom. The largest absolute Gasteiger partial charge is 0.308 e. The van der Waals surface area contributed by atoms with Crippen LogP contribution < -0.4 is 5.32 Å². The fourth-order valence-electron chi connectivity index (χ4n) is 3.42. The highest BCUT2D eigenvalue weighted by Crippen LogP contribution is 2.27. The van der Waals surface area contributed by atoms with Crippen molar-refractivity contribution in [3.8, 4) is 0 Å². The number of nitrogens with one attached hydrogen (secondary N) is 1. The number of aryl methyl sites for hydroxylation is 1. The zero-order chi connectivity index (χ0) is 15.5. The van der Waals surface area contributed by atoms with Crippen molar-refractivity contribution >= 4 is 0 Å². The van der Waals surface area contributed by atoms with Crippen LogP contribution in [0.1, 0.15) is 52.7 Å². The third kappa shape index (κ3) is 3.64. The summed E-state index contributed by atoms with van der Waals surface area (Å²) in [4.78, 5) is 2.63. The number of aromatic nitrogens is 3. The zero-order valence-corrected chi connectivity index (χ0v) is 14.3. The van der Waals surface area contributed by atoms with Gasteiger partial charge in [0, 0.05) is 44.5 Å². The zero-order valence-electron chi connectivity index (χ0n) is 14.3. The molecule has 2 rings (SSSR count). The average Bonchev–Trinajstić information content (AvgIpc) is 2.91. The van der Waals surface area contributed by atoms with Gasteiger partial charge in [0.05, 0.1) is 5.69 Å². The molecule has 2 heterocycles. The molecule has 0 bridgehead atoms. The van der Waals surface area contributed by atoms with Gasteiger partial charge in [-0.05, 0) is 18.8 Å². The molecule has 0 spiro atoms. The lowest BCUT2D eigenvalue weighted by molar-refractivity contribution is 0.0386. The maximum atomic E-state index is 4.28. The molecular formula is C16H31N5. The highest BCUT2D eigenvalue weighted by atomic mass is 15.4. The van der Waals surface area contributed by atoms with Crippen molar-refractivity contribution in [2.75, 3.05) is 13.1 Å². The second kappa shape index (κ2) is 6.88. The third-order valence-corrected chi connectivity index (χ3v) is 5.33. The van der Waals surface area contributed by atoms with Crippen molar-refractivity contribution < 1.29 is 0 Å². The summed E-state index contributed by atoms with van der Waals surface area (Å²) in [5.74, 6) is 0.695. The van der Waals surface area contributed by atoms with Gasteiger partial charge in [-0.15, -0.1) is 5.10 Å². The van der Waals surface area contributed by atoms with Crippen molar-refractivity contribution in [2.24, 2.45) is 13.0 Å². The van der Waals surface area contributed by atoms with Crippen molar-refractivity contribution in [3.63, 3.8) is 0 Å². The molecule has 2 unspecified atom stereocenters. The summed E-state index contributed by atoms with van der Waals surface area (Å²) in [7, 11) is 1.93. The van der Waals surface area contributed by atoms with Gasteiger partial charge in [0.1, 0.15) is 0 Å². The van der Waals surface area contributed by atoms with E-state index in [0.717, 1.165) is 25.3 Å². The standard InChI is InChI=1S/C16H31N5/c1-6-13(4)15-9-17-16(7-2,8-3)12-21(15)11-14-10-20(5)19-18-14/h10,13,15,17H,6-9,11-12H2,1-5H3. The minimum absolute atomic E-state index is 0.256.